The Balaban J connectivity index is 0.00000312. The second kappa shape index (κ2) is 10.9. The first-order valence-electron chi connectivity index (χ1n) is 14.2. The fraction of sp³-hybridized carbons (Fsp3) is 0.0526. The van der Waals surface area contributed by atoms with Gasteiger partial charge in [0.2, 0.25) is 5.88 Å². The number of phenols is 1. The van der Waals surface area contributed by atoms with Gasteiger partial charge < -0.3 is 14.4 Å². The third kappa shape index (κ3) is 4.44. The zero-order valence-electron chi connectivity index (χ0n) is 24.0. The Hall–Kier alpha value is -4.99. The molecule has 0 bridgehead atoms. The summed E-state index contributed by atoms with van der Waals surface area (Å²) in [4.78, 5) is 9.58. The normalized spacial score (nSPS) is 11.3. The second-order valence-electron chi connectivity index (χ2n) is 10.9. The molecule has 0 saturated heterocycles. The molecule has 0 saturated carbocycles. The number of hydrogen-bond acceptors (Lipinski definition) is 4. The number of hydrogen-bond donors (Lipinski definition) is 1. The SMILES string of the molecule is Cc1cccnc1-n1c2[c-]c(Oc3cc(-c4ccccc4)c4cc5ccccc5c(O)c4n3)cc(C)c2c2ccccc21.[Pt]. The van der Waals surface area contributed by atoms with Crippen molar-refractivity contribution in [3.63, 3.8) is 0 Å². The van der Waals surface area contributed by atoms with E-state index in [0.29, 0.717) is 17.1 Å². The summed E-state index contributed by atoms with van der Waals surface area (Å²) in [5.41, 5.74) is 6.50. The molecule has 0 atom stereocenters. The van der Waals surface area contributed by atoms with Gasteiger partial charge in [-0.2, -0.15) is 0 Å². The van der Waals surface area contributed by atoms with Crippen LogP contribution in [-0.2, 0) is 21.1 Å². The van der Waals surface area contributed by atoms with Crippen molar-refractivity contribution >= 4 is 43.5 Å². The van der Waals surface area contributed by atoms with E-state index in [9.17, 15) is 5.11 Å². The summed E-state index contributed by atoms with van der Waals surface area (Å²) in [6.45, 7) is 4.16. The predicted molar refractivity (Wildman–Crippen MR) is 173 cm³/mol. The second-order valence-corrected chi connectivity index (χ2v) is 10.9. The van der Waals surface area contributed by atoms with Crippen LogP contribution < -0.4 is 4.74 Å². The molecule has 1 N–H and O–H groups in total. The Labute approximate surface area is 268 Å². The molecule has 44 heavy (non-hydrogen) atoms. The van der Waals surface area contributed by atoms with Gasteiger partial charge in [-0.05, 0) is 52.6 Å². The molecule has 0 spiro atoms. The molecule has 8 aromatic rings. The predicted octanol–water partition coefficient (Wildman–Crippen LogP) is 9.46. The number of nitrogens with zero attached hydrogens (tertiary/aromatic N) is 3. The summed E-state index contributed by atoms with van der Waals surface area (Å²) in [7, 11) is 0. The molecule has 0 amide bonds. The van der Waals surface area contributed by atoms with Crippen LogP contribution >= 0.6 is 0 Å². The summed E-state index contributed by atoms with van der Waals surface area (Å²) in [6, 6.07) is 39.9. The average molecular weight is 752 g/mol. The summed E-state index contributed by atoms with van der Waals surface area (Å²) in [5.74, 6) is 1.91. The van der Waals surface area contributed by atoms with Crippen LogP contribution in [0.1, 0.15) is 11.1 Å². The van der Waals surface area contributed by atoms with Crippen LogP contribution in [0.25, 0.3) is 60.4 Å². The van der Waals surface area contributed by atoms with Gasteiger partial charge in [0.15, 0.2) is 0 Å². The molecule has 5 nitrogen and oxygen atoms in total. The molecule has 6 heteroatoms. The van der Waals surface area contributed by atoms with E-state index in [1.165, 1.54) is 0 Å². The third-order valence-corrected chi connectivity index (χ3v) is 8.13. The summed E-state index contributed by atoms with van der Waals surface area (Å²) >= 11 is 0. The average Bonchev–Trinajstić information content (AvgIpc) is 3.36. The summed E-state index contributed by atoms with van der Waals surface area (Å²) < 4.78 is 8.66. The maximum absolute atomic E-state index is 11.4. The van der Waals surface area contributed by atoms with Crippen LogP contribution in [0.3, 0.4) is 0 Å². The minimum atomic E-state index is 0. The number of ether oxygens (including phenoxy) is 1. The molecule has 0 radical (unpaired) electrons. The molecular weight excluding hydrogens is 726 g/mol. The van der Waals surface area contributed by atoms with Crippen molar-refractivity contribution in [3.8, 4) is 34.3 Å². The van der Waals surface area contributed by atoms with Crippen LogP contribution in [0.4, 0.5) is 0 Å². The fourth-order valence-electron chi connectivity index (χ4n) is 6.17. The number of phenolic OH excluding ortho intramolecular Hbond substituents is 1. The van der Waals surface area contributed by atoms with E-state index in [0.717, 1.165) is 66.0 Å². The fourth-order valence-corrected chi connectivity index (χ4v) is 6.17. The zero-order chi connectivity index (χ0) is 29.1. The number of para-hydroxylation sites is 1. The first kappa shape index (κ1) is 27.8. The van der Waals surface area contributed by atoms with E-state index < -0.39 is 0 Å². The van der Waals surface area contributed by atoms with Crippen LogP contribution in [0.5, 0.6) is 17.4 Å². The molecule has 3 aromatic heterocycles. The van der Waals surface area contributed by atoms with Crippen molar-refractivity contribution in [1.29, 1.82) is 0 Å². The molecule has 0 aliphatic heterocycles. The van der Waals surface area contributed by atoms with E-state index >= 15 is 0 Å². The number of benzene rings is 5. The number of fused-ring (bicyclic) bond motifs is 5. The van der Waals surface area contributed by atoms with Crippen molar-refractivity contribution in [1.82, 2.24) is 14.5 Å². The molecule has 8 rings (SSSR count). The largest absolute Gasteiger partial charge is 0.505 e. The van der Waals surface area contributed by atoms with Crippen molar-refractivity contribution in [2.24, 2.45) is 0 Å². The zero-order valence-corrected chi connectivity index (χ0v) is 26.3. The minimum Gasteiger partial charge on any atom is -0.505 e. The van der Waals surface area contributed by atoms with Gasteiger partial charge in [0.1, 0.15) is 17.1 Å². The maximum atomic E-state index is 11.4. The van der Waals surface area contributed by atoms with E-state index in [4.69, 9.17) is 14.7 Å². The molecule has 0 aliphatic rings. The Morgan fingerprint density at radius 2 is 1.50 bits per heavy atom. The third-order valence-electron chi connectivity index (χ3n) is 8.13. The van der Waals surface area contributed by atoms with E-state index in [1.807, 2.05) is 72.9 Å². The number of pyridine rings is 2. The minimum absolute atomic E-state index is 0. The van der Waals surface area contributed by atoms with Crippen molar-refractivity contribution in [2.75, 3.05) is 0 Å². The van der Waals surface area contributed by atoms with Crippen molar-refractivity contribution in [2.45, 2.75) is 13.8 Å². The topological polar surface area (TPSA) is 60.2 Å². The van der Waals surface area contributed by atoms with Gasteiger partial charge in [-0.3, -0.25) is 0 Å². The van der Waals surface area contributed by atoms with Gasteiger partial charge in [0, 0.05) is 55.4 Å². The first-order chi connectivity index (χ1) is 21.1. The Kier molecular flexibility index (Phi) is 6.91. The van der Waals surface area contributed by atoms with Crippen LogP contribution in [0.2, 0.25) is 0 Å². The molecule has 3 heterocycles. The van der Waals surface area contributed by atoms with Gasteiger partial charge in [-0.1, -0.05) is 96.7 Å². The number of aryl methyl sites for hydroxylation is 2. The van der Waals surface area contributed by atoms with Gasteiger partial charge in [0.25, 0.3) is 0 Å². The van der Waals surface area contributed by atoms with E-state index in [1.54, 1.807) is 0 Å². The first-order valence-corrected chi connectivity index (χ1v) is 14.2. The van der Waals surface area contributed by atoms with Crippen LogP contribution in [0, 0.1) is 19.9 Å². The summed E-state index contributed by atoms with van der Waals surface area (Å²) in [5, 5.41) is 16.2. The molecule has 216 valence electrons. The van der Waals surface area contributed by atoms with Gasteiger partial charge in [-0.25, -0.2) is 9.97 Å². The molecular formula is C38H26N3O2Pt-. The quantitative estimate of drug-likeness (QED) is 0.144. The number of rotatable bonds is 4. The van der Waals surface area contributed by atoms with E-state index in [-0.39, 0.29) is 26.8 Å². The number of aromatic nitrogens is 3. The van der Waals surface area contributed by atoms with Crippen molar-refractivity contribution < 1.29 is 30.9 Å². The van der Waals surface area contributed by atoms with Crippen LogP contribution in [0.15, 0.2) is 115 Å². The molecule has 0 fully saturated rings. The van der Waals surface area contributed by atoms with Gasteiger partial charge >= 0.3 is 0 Å². The van der Waals surface area contributed by atoms with Gasteiger partial charge in [-0.15, -0.1) is 17.7 Å². The van der Waals surface area contributed by atoms with Crippen LogP contribution in [-0.4, -0.2) is 19.6 Å². The standard InChI is InChI=1S/C38H26N3O2.Pt/c1-23-11-10-18-39-38(23)41-32-17-9-8-16-29(32)35-24(2)19-27(21-33(35)41)43-34-22-30(25-12-4-3-5-13-25)31-20-26-14-6-7-15-28(26)37(42)36(31)40-34;/h3-20,22,42H,1-2H3;/q-1;. The Morgan fingerprint density at radius 1 is 0.750 bits per heavy atom. The Morgan fingerprint density at radius 3 is 2.32 bits per heavy atom. The van der Waals surface area contributed by atoms with Crippen molar-refractivity contribution in [3.05, 3.63) is 133 Å². The van der Waals surface area contributed by atoms with E-state index in [2.05, 4.69) is 66.9 Å². The summed E-state index contributed by atoms with van der Waals surface area (Å²) in [6.07, 6.45) is 1.82. The smallest absolute Gasteiger partial charge is 0.217 e. The molecule has 5 aromatic carbocycles. The Bertz CT molecular complexity index is 2360. The molecule has 0 aliphatic carbocycles. The maximum Gasteiger partial charge on any atom is 0.217 e. The van der Waals surface area contributed by atoms with Gasteiger partial charge in [0.05, 0.1) is 0 Å². The molecule has 0 unspecified atom stereocenters. The number of aromatic hydroxyl groups is 1. The monoisotopic (exact) mass is 751 g/mol.